The molecule has 0 radical (unpaired) electrons. The lowest BCUT2D eigenvalue weighted by atomic mass is 10.1. The maximum absolute atomic E-state index is 13.3. The molecule has 3 heterocycles. The Labute approximate surface area is 200 Å². The normalized spacial score (nSPS) is 16.0. The Hall–Kier alpha value is -3.05. The molecule has 34 heavy (non-hydrogen) atoms. The monoisotopic (exact) mass is 472 g/mol. The quantitative estimate of drug-likeness (QED) is 0.315. The van der Waals surface area contributed by atoms with Gasteiger partial charge < -0.3 is 35.0 Å². The third-order valence-corrected chi connectivity index (χ3v) is 5.97. The SMILES string of the molecule is CC[C@H](Nc1ncnc2c1nc(/C(C=N)=C/NC)n2CC)C(=O)N1CCC(OCCOC)CC1. The van der Waals surface area contributed by atoms with Gasteiger partial charge in [0.15, 0.2) is 17.0 Å². The summed E-state index contributed by atoms with van der Waals surface area (Å²) in [5, 5.41) is 14.0. The van der Waals surface area contributed by atoms with Crippen molar-refractivity contribution in [1.82, 2.24) is 29.7 Å². The van der Waals surface area contributed by atoms with E-state index in [0.717, 1.165) is 12.8 Å². The van der Waals surface area contributed by atoms with Crippen molar-refractivity contribution in [2.75, 3.05) is 45.8 Å². The van der Waals surface area contributed by atoms with E-state index in [0.29, 0.717) is 67.6 Å². The second kappa shape index (κ2) is 12.4. The Balaban J connectivity index is 1.77. The number of imidazole rings is 1. The Morgan fingerprint density at radius 1 is 1.29 bits per heavy atom. The molecule has 2 aromatic heterocycles. The number of nitrogens with zero attached hydrogens (tertiary/aromatic N) is 5. The molecule has 186 valence electrons. The molecule has 3 N–H and O–H groups in total. The van der Waals surface area contributed by atoms with E-state index in [1.807, 2.05) is 23.3 Å². The summed E-state index contributed by atoms with van der Waals surface area (Å²) in [6.07, 6.45) is 6.87. The van der Waals surface area contributed by atoms with Gasteiger partial charge in [0.05, 0.1) is 24.9 Å². The number of hydrogen-bond acceptors (Lipinski definition) is 9. The lowest BCUT2D eigenvalue weighted by Crippen LogP contribution is -2.47. The zero-order valence-corrected chi connectivity index (χ0v) is 20.5. The summed E-state index contributed by atoms with van der Waals surface area (Å²) in [5.41, 5.74) is 1.88. The van der Waals surface area contributed by atoms with E-state index in [2.05, 4.69) is 20.6 Å². The molecular formula is C23H36N8O3. The molecule has 0 aromatic carbocycles. The number of piperidine rings is 1. The number of nitrogens with one attached hydrogen (secondary N) is 3. The van der Waals surface area contributed by atoms with Gasteiger partial charge in [0, 0.05) is 46.2 Å². The van der Waals surface area contributed by atoms with Crippen molar-refractivity contribution >= 4 is 34.7 Å². The smallest absolute Gasteiger partial charge is 0.245 e. The standard InChI is InChI=1S/C23H36N8O3/c1-5-18(23(32)30-9-7-17(8-10-30)34-12-11-33-4)28-20-19-22(27-15-26-20)31(6-2)21(29-19)16(13-24)14-25-3/h13-15,17-18,24-25H,5-12H2,1-4H3,(H,26,27,28)/b16-14+,24-13?/t18-/m0/s1. The van der Waals surface area contributed by atoms with Gasteiger partial charge >= 0.3 is 0 Å². The predicted molar refractivity (Wildman–Crippen MR) is 132 cm³/mol. The molecule has 1 fully saturated rings. The third-order valence-electron chi connectivity index (χ3n) is 5.97. The highest BCUT2D eigenvalue weighted by molar-refractivity contribution is 6.08. The minimum atomic E-state index is -0.422. The van der Waals surface area contributed by atoms with Crippen LogP contribution in [-0.4, -0.2) is 89.1 Å². The molecule has 0 unspecified atom stereocenters. The molecule has 1 atom stereocenters. The van der Waals surface area contributed by atoms with Gasteiger partial charge in [-0.15, -0.1) is 0 Å². The molecule has 11 nitrogen and oxygen atoms in total. The van der Waals surface area contributed by atoms with Gasteiger partial charge in [-0.1, -0.05) is 6.92 Å². The van der Waals surface area contributed by atoms with Crippen LogP contribution in [0.3, 0.4) is 0 Å². The van der Waals surface area contributed by atoms with Crippen LogP contribution in [-0.2, 0) is 20.8 Å². The van der Waals surface area contributed by atoms with E-state index >= 15 is 0 Å². The maximum atomic E-state index is 13.3. The van der Waals surface area contributed by atoms with E-state index in [1.165, 1.54) is 12.5 Å². The van der Waals surface area contributed by atoms with Crippen molar-refractivity contribution in [3.8, 4) is 0 Å². The number of carbonyl (C=O) groups excluding carboxylic acids is 1. The van der Waals surface area contributed by atoms with Crippen molar-refractivity contribution in [1.29, 1.82) is 5.41 Å². The predicted octanol–water partition coefficient (Wildman–Crippen LogP) is 1.90. The number of allylic oxidation sites excluding steroid dienone is 1. The highest BCUT2D eigenvalue weighted by Crippen LogP contribution is 2.25. The molecule has 0 aliphatic carbocycles. The lowest BCUT2D eigenvalue weighted by molar-refractivity contribution is -0.134. The highest BCUT2D eigenvalue weighted by atomic mass is 16.5. The second-order valence-electron chi connectivity index (χ2n) is 8.10. The number of methoxy groups -OCH3 is 1. The van der Waals surface area contributed by atoms with Gasteiger partial charge in [0.25, 0.3) is 0 Å². The Morgan fingerprint density at radius 2 is 2.06 bits per heavy atom. The fraction of sp³-hybridized carbons (Fsp3) is 0.609. The van der Waals surface area contributed by atoms with E-state index < -0.39 is 6.04 Å². The van der Waals surface area contributed by atoms with Crippen LogP contribution in [0.2, 0.25) is 0 Å². The first-order valence-electron chi connectivity index (χ1n) is 11.8. The van der Waals surface area contributed by atoms with Gasteiger partial charge in [-0.2, -0.15) is 0 Å². The summed E-state index contributed by atoms with van der Waals surface area (Å²) in [7, 11) is 3.44. The first kappa shape index (κ1) is 25.6. The third kappa shape index (κ3) is 5.71. The van der Waals surface area contributed by atoms with Gasteiger partial charge in [-0.05, 0) is 26.2 Å². The molecule has 11 heteroatoms. The Bertz CT molecular complexity index is 998. The fourth-order valence-corrected chi connectivity index (χ4v) is 4.15. The number of aromatic nitrogens is 4. The summed E-state index contributed by atoms with van der Waals surface area (Å²) in [5.74, 6) is 1.19. The van der Waals surface area contributed by atoms with E-state index in [9.17, 15) is 4.79 Å². The van der Waals surface area contributed by atoms with Crippen LogP contribution in [0.5, 0.6) is 0 Å². The van der Waals surface area contributed by atoms with Crippen LogP contribution in [0.1, 0.15) is 38.9 Å². The van der Waals surface area contributed by atoms with Gasteiger partial charge in [0.2, 0.25) is 5.91 Å². The van der Waals surface area contributed by atoms with Crippen molar-refractivity contribution in [3.63, 3.8) is 0 Å². The van der Waals surface area contributed by atoms with Crippen molar-refractivity contribution in [2.24, 2.45) is 0 Å². The number of ether oxygens (including phenoxy) is 2. The van der Waals surface area contributed by atoms with Crippen LogP contribution in [0.25, 0.3) is 16.7 Å². The van der Waals surface area contributed by atoms with Crippen LogP contribution >= 0.6 is 0 Å². The number of rotatable bonds is 12. The minimum Gasteiger partial charge on any atom is -0.393 e. The number of aryl methyl sites for hydroxylation is 1. The Kier molecular flexibility index (Phi) is 9.34. The van der Waals surface area contributed by atoms with Crippen LogP contribution in [0.4, 0.5) is 5.82 Å². The zero-order valence-electron chi connectivity index (χ0n) is 20.5. The van der Waals surface area contributed by atoms with Crippen molar-refractivity contribution in [3.05, 3.63) is 18.4 Å². The molecule has 2 aromatic rings. The largest absolute Gasteiger partial charge is 0.393 e. The zero-order chi connectivity index (χ0) is 24.5. The average molecular weight is 473 g/mol. The summed E-state index contributed by atoms with van der Waals surface area (Å²) >= 11 is 0. The van der Waals surface area contributed by atoms with Gasteiger partial charge in [-0.3, -0.25) is 4.79 Å². The number of hydrogen-bond donors (Lipinski definition) is 3. The molecule has 1 amide bonds. The van der Waals surface area contributed by atoms with Crippen LogP contribution in [0, 0.1) is 5.41 Å². The van der Waals surface area contributed by atoms with Crippen LogP contribution in [0.15, 0.2) is 12.5 Å². The number of carbonyl (C=O) groups is 1. The topological polar surface area (TPSA) is 130 Å². The number of likely N-dealkylation sites (tertiary alicyclic amines) is 1. The molecule has 1 saturated heterocycles. The first-order chi connectivity index (χ1) is 16.6. The Morgan fingerprint density at radius 3 is 2.68 bits per heavy atom. The lowest BCUT2D eigenvalue weighted by Gasteiger charge is -2.34. The molecule has 0 saturated carbocycles. The van der Waals surface area contributed by atoms with Crippen molar-refractivity contribution in [2.45, 2.75) is 51.8 Å². The number of anilines is 1. The summed E-state index contributed by atoms with van der Waals surface area (Å²) in [4.78, 5) is 28.8. The van der Waals surface area contributed by atoms with Crippen LogP contribution < -0.4 is 10.6 Å². The van der Waals surface area contributed by atoms with E-state index in [1.54, 1.807) is 20.4 Å². The highest BCUT2D eigenvalue weighted by Gasteiger charge is 2.29. The van der Waals surface area contributed by atoms with Gasteiger partial charge in [-0.25, -0.2) is 15.0 Å². The fourth-order valence-electron chi connectivity index (χ4n) is 4.15. The number of amides is 1. The summed E-state index contributed by atoms with van der Waals surface area (Å²) in [6, 6.07) is -0.422. The van der Waals surface area contributed by atoms with Crippen molar-refractivity contribution < 1.29 is 14.3 Å². The minimum absolute atomic E-state index is 0.0509. The maximum Gasteiger partial charge on any atom is 0.245 e. The molecule has 0 bridgehead atoms. The molecule has 0 spiro atoms. The van der Waals surface area contributed by atoms with E-state index in [4.69, 9.17) is 19.9 Å². The first-order valence-corrected chi connectivity index (χ1v) is 11.8. The summed E-state index contributed by atoms with van der Waals surface area (Å²) < 4.78 is 12.8. The molecular weight excluding hydrogens is 436 g/mol. The molecule has 3 rings (SSSR count). The summed E-state index contributed by atoms with van der Waals surface area (Å²) in [6.45, 7) is 7.10. The van der Waals surface area contributed by atoms with Gasteiger partial charge in [0.1, 0.15) is 18.2 Å². The molecule has 1 aliphatic rings. The average Bonchev–Trinajstić information content (AvgIpc) is 3.25. The van der Waals surface area contributed by atoms with E-state index in [-0.39, 0.29) is 12.0 Å². The molecule has 1 aliphatic heterocycles. The second-order valence-corrected chi connectivity index (χ2v) is 8.10. The number of fused-ring (bicyclic) bond motifs is 1.